The molecule has 0 bridgehead atoms. The van der Waals surface area contributed by atoms with E-state index in [0.29, 0.717) is 48.3 Å². The first kappa shape index (κ1) is 26.4. The van der Waals surface area contributed by atoms with Crippen LogP contribution in [0.3, 0.4) is 0 Å². The molecule has 0 spiro atoms. The Kier molecular flexibility index (Phi) is 7.47. The highest BCUT2D eigenvalue weighted by Crippen LogP contribution is 2.68. The molecule has 7 nitrogen and oxygen atoms in total. The highest BCUT2D eigenvalue weighted by Gasteiger charge is 2.63. The van der Waals surface area contributed by atoms with Crippen LogP contribution < -0.4 is 5.32 Å². The molecule has 10 atom stereocenters. The molecule has 1 amide bonds. The van der Waals surface area contributed by atoms with Crippen LogP contribution in [0.1, 0.15) is 85.0 Å². The van der Waals surface area contributed by atoms with E-state index in [4.69, 9.17) is 4.55 Å². The first-order valence-electron chi connectivity index (χ1n) is 13.4. The van der Waals surface area contributed by atoms with Crippen molar-refractivity contribution in [2.45, 2.75) is 97.2 Å². The lowest BCUT2D eigenvalue weighted by molar-refractivity contribution is -0.174. The smallest absolute Gasteiger partial charge is 0.266 e. The predicted molar refractivity (Wildman–Crippen MR) is 130 cm³/mol. The first-order chi connectivity index (χ1) is 15.9. The van der Waals surface area contributed by atoms with Crippen LogP contribution in [0.2, 0.25) is 0 Å². The minimum absolute atomic E-state index is 0.0756. The molecule has 0 radical (unpaired) electrons. The van der Waals surface area contributed by atoms with Crippen LogP contribution in [-0.2, 0) is 14.9 Å². The number of nitrogens with one attached hydrogen (secondary N) is 1. The molecule has 34 heavy (non-hydrogen) atoms. The topological polar surface area (TPSA) is 124 Å². The molecule has 0 saturated heterocycles. The monoisotopic (exact) mass is 499 g/mol. The highest BCUT2D eigenvalue weighted by atomic mass is 32.2. The number of fused-ring (bicyclic) bond motifs is 5. The summed E-state index contributed by atoms with van der Waals surface area (Å²) < 4.78 is 30.5. The van der Waals surface area contributed by atoms with Crippen molar-refractivity contribution in [1.82, 2.24) is 5.32 Å². The van der Waals surface area contributed by atoms with Crippen LogP contribution in [-0.4, -0.2) is 53.6 Å². The summed E-state index contributed by atoms with van der Waals surface area (Å²) in [6.45, 7) is 6.86. The van der Waals surface area contributed by atoms with Crippen LogP contribution in [0, 0.1) is 46.3 Å². The Morgan fingerprint density at radius 2 is 1.79 bits per heavy atom. The molecule has 196 valence electrons. The lowest BCUT2D eigenvalue weighted by Crippen LogP contribution is -2.58. The van der Waals surface area contributed by atoms with Crippen molar-refractivity contribution in [2.75, 3.05) is 12.3 Å². The van der Waals surface area contributed by atoms with Crippen LogP contribution in [0.4, 0.5) is 0 Å². The van der Waals surface area contributed by atoms with E-state index in [9.17, 15) is 23.4 Å². The molecule has 0 heterocycles. The zero-order valence-electron chi connectivity index (χ0n) is 21.1. The molecular weight excluding hydrogens is 454 g/mol. The third-order valence-corrected chi connectivity index (χ3v) is 11.7. The summed E-state index contributed by atoms with van der Waals surface area (Å²) in [7, 11) is -4.07. The van der Waals surface area contributed by atoms with Crippen molar-refractivity contribution >= 4 is 16.0 Å². The zero-order valence-corrected chi connectivity index (χ0v) is 21.9. The van der Waals surface area contributed by atoms with Gasteiger partial charge in [-0.15, -0.1) is 0 Å². The van der Waals surface area contributed by atoms with Gasteiger partial charge in [-0.3, -0.25) is 9.35 Å². The van der Waals surface area contributed by atoms with Gasteiger partial charge in [0.2, 0.25) is 5.91 Å². The standard InChI is InChI=1S/C26H45NO6S/c1-16(4-9-24(30)27-12-13-34(31,32)33)20-7-8-21-19-6-5-17-14-18(28)10-11-25(17,2)22(19)15-23(29)26(20,21)3/h16-23,28-29H,4-15H2,1-3H3,(H,27,30)(H,31,32,33)/t16-,17+,18+,19-,20+,21-,22-,23-,25+,26+/m1/s1. The number of aliphatic hydroxyl groups is 2. The van der Waals surface area contributed by atoms with Crippen molar-refractivity contribution in [1.29, 1.82) is 0 Å². The Balaban J connectivity index is 1.40. The van der Waals surface area contributed by atoms with Crippen molar-refractivity contribution in [3.8, 4) is 0 Å². The molecule has 4 rings (SSSR count). The van der Waals surface area contributed by atoms with E-state index < -0.39 is 15.9 Å². The fourth-order valence-corrected chi connectivity index (χ4v) is 9.49. The molecule has 4 aliphatic carbocycles. The van der Waals surface area contributed by atoms with Crippen LogP contribution in [0.15, 0.2) is 0 Å². The summed E-state index contributed by atoms with van der Waals surface area (Å²) >= 11 is 0. The van der Waals surface area contributed by atoms with E-state index in [2.05, 4.69) is 26.1 Å². The number of amides is 1. The van der Waals surface area contributed by atoms with Crippen molar-refractivity contribution in [2.24, 2.45) is 46.3 Å². The first-order valence-corrected chi connectivity index (χ1v) is 15.0. The largest absolute Gasteiger partial charge is 0.393 e. The number of hydrogen-bond acceptors (Lipinski definition) is 5. The van der Waals surface area contributed by atoms with Gasteiger partial charge in [0.15, 0.2) is 0 Å². The van der Waals surface area contributed by atoms with Gasteiger partial charge in [0.05, 0.1) is 18.0 Å². The Morgan fingerprint density at radius 1 is 1.06 bits per heavy atom. The van der Waals surface area contributed by atoms with Gasteiger partial charge in [0.25, 0.3) is 10.1 Å². The molecular formula is C26H45NO6S. The van der Waals surface area contributed by atoms with E-state index >= 15 is 0 Å². The molecule has 0 unspecified atom stereocenters. The van der Waals surface area contributed by atoms with Crippen LogP contribution in [0.5, 0.6) is 0 Å². The van der Waals surface area contributed by atoms with Gasteiger partial charge in [0, 0.05) is 13.0 Å². The predicted octanol–water partition coefficient (Wildman–Crippen LogP) is 3.40. The van der Waals surface area contributed by atoms with Crippen LogP contribution in [0.25, 0.3) is 0 Å². The van der Waals surface area contributed by atoms with Crippen molar-refractivity contribution < 1.29 is 28.0 Å². The second kappa shape index (κ2) is 9.64. The minimum atomic E-state index is -4.07. The Hall–Kier alpha value is -0.700. The third kappa shape index (κ3) is 4.81. The summed E-state index contributed by atoms with van der Waals surface area (Å²) in [5.74, 6) is 2.28. The maximum absolute atomic E-state index is 12.2. The summed E-state index contributed by atoms with van der Waals surface area (Å²) in [6, 6.07) is 0. The maximum Gasteiger partial charge on any atom is 0.266 e. The summed E-state index contributed by atoms with van der Waals surface area (Å²) in [6.07, 6.45) is 8.93. The zero-order chi connectivity index (χ0) is 24.9. The molecule has 4 aliphatic rings. The van der Waals surface area contributed by atoms with Crippen molar-refractivity contribution in [3.63, 3.8) is 0 Å². The van der Waals surface area contributed by atoms with Gasteiger partial charge in [-0.1, -0.05) is 20.8 Å². The van der Waals surface area contributed by atoms with E-state index in [1.165, 1.54) is 12.8 Å². The molecule has 0 aliphatic heterocycles. The van der Waals surface area contributed by atoms with E-state index in [0.717, 1.165) is 38.5 Å². The Bertz CT molecular complexity index is 863. The van der Waals surface area contributed by atoms with Gasteiger partial charge in [-0.2, -0.15) is 8.42 Å². The number of carbonyl (C=O) groups excluding carboxylic acids is 1. The molecule has 8 heteroatoms. The second-order valence-corrected chi connectivity index (χ2v) is 14.1. The van der Waals surface area contributed by atoms with E-state index in [1.807, 2.05) is 0 Å². The molecule has 0 aromatic carbocycles. The van der Waals surface area contributed by atoms with Gasteiger partial charge in [0.1, 0.15) is 0 Å². The quantitative estimate of drug-likeness (QED) is 0.398. The van der Waals surface area contributed by atoms with Crippen molar-refractivity contribution in [3.05, 3.63) is 0 Å². The lowest BCUT2D eigenvalue weighted by Gasteiger charge is -2.62. The maximum atomic E-state index is 12.2. The Morgan fingerprint density at radius 3 is 2.50 bits per heavy atom. The van der Waals surface area contributed by atoms with E-state index in [-0.39, 0.29) is 35.5 Å². The molecule has 0 aromatic rings. The highest BCUT2D eigenvalue weighted by molar-refractivity contribution is 7.85. The molecule has 4 N–H and O–H groups in total. The van der Waals surface area contributed by atoms with Crippen LogP contribution >= 0.6 is 0 Å². The molecule has 4 saturated carbocycles. The normalized spacial score (nSPS) is 45.1. The Labute approximate surface area is 205 Å². The van der Waals surface area contributed by atoms with E-state index in [1.54, 1.807) is 0 Å². The summed E-state index contributed by atoms with van der Waals surface area (Å²) in [5, 5.41) is 24.5. The summed E-state index contributed by atoms with van der Waals surface area (Å²) in [4.78, 5) is 12.2. The van der Waals surface area contributed by atoms with Gasteiger partial charge in [-0.05, 0) is 104 Å². The number of hydrogen-bond donors (Lipinski definition) is 4. The van der Waals surface area contributed by atoms with Gasteiger partial charge >= 0.3 is 0 Å². The number of carbonyl (C=O) groups is 1. The lowest BCUT2D eigenvalue weighted by atomic mass is 9.43. The molecule has 0 aromatic heterocycles. The summed E-state index contributed by atoms with van der Waals surface area (Å²) in [5.41, 5.74) is 0.105. The second-order valence-electron chi connectivity index (χ2n) is 12.5. The minimum Gasteiger partial charge on any atom is -0.393 e. The number of aliphatic hydroxyl groups excluding tert-OH is 2. The average Bonchev–Trinajstić information content (AvgIpc) is 3.11. The fraction of sp³-hybridized carbons (Fsp3) is 0.962. The molecule has 4 fully saturated rings. The number of rotatable bonds is 7. The average molecular weight is 500 g/mol. The van der Waals surface area contributed by atoms with Gasteiger partial charge < -0.3 is 15.5 Å². The third-order valence-electron chi connectivity index (χ3n) is 11.0. The van der Waals surface area contributed by atoms with Gasteiger partial charge in [-0.25, -0.2) is 0 Å². The SMILES string of the molecule is C[C@H](CCC(=O)NCCS(=O)(=O)O)[C@@H]1CC[C@@H]2[C@H]3CC[C@H]4C[C@@H](O)CC[C@]4(C)[C@@H]3C[C@@H](O)[C@]21C. The fourth-order valence-electron chi connectivity index (χ4n) is 9.13.